The second kappa shape index (κ2) is 8.50. The van der Waals surface area contributed by atoms with Crippen LogP contribution in [0, 0.1) is 5.82 Å². The average molecular weight is 395 g/mol. The highest BCUT2D eigenvalue weighted by molar-refractivity contribution is 8.00. The lowest BCUT2D eigenvalue weighted by Gasteiger charge is -2.24. The number of thioether (sulfide) groups is 1. The van der Waals surface area contributed by atoms with Gasteiger partial charge in [-0.15, -0.1) is 11.8 Å². The first-order valence-electron chi connectivity index (χ1n) is 8.13. The second-order valence-electron chi connectivity index (χ2n) is 5.55. The summed E-state index contributed by atoms with van der Waals surface area (Å²) in [5.74, 6) is -0.262. The highest BCUT2D eigenvalue weighted by atomic mass is 32.2. The van der Waals surface area contributed by atoms with Gasteiger partial charge in [0.15, 0.2) is 5.13 Å². The Bertz CT molecular complexity index is 795. The average Bonchev–Trinajstić information content (AvgIpc) is 3.02. The lowest BCUT2D eigenvalue weighted by atomic mass is 10.2. The maximum Gasteiger partial charge on any atom is 0.410 e. The van der Waals surface area contributed by atoms with Gasteiger partial charge in [0, 0.05) is 22.7 Å². The predicted molar refractivity (Wildman–Crippen MR) is 99.0 cm³/mol. The highest BCUT2D eigenvalue weighted by Crippen LogP contribution is 2.29. The number of hydrogen-bond donors (Lipinski definition) is 1. The number of carbonyl (C=O) groups excluding carboxylic acids is 2. The van der Waals surface area contributed by atoms with Gasteiger partial charge in [0.25, 0.3) is 0 Å². The molecule has 0 bridgehead atoms. The molecule has 0 aliphatic carbocycles. The van der Waals surface area contributed by atoms with Crippen LogP contribution < -0.4 is 5.32 Å². The van der Waals surface area contributed by atoms with Crippen LogP contribution >= 0.6 is 23.1 Å². The SMILES string of the molecule is CCOC(=O)N1CCc2nc(NC(=O)CSc3ccc(F)cc3)sc2C1. The number of nitrogens with zero attached hydrogens (tertiary/aromatic N) is 2. The fourth-order valence-corrected chi connectivity index (χ4v) is 4.19. The lowest BCUT2D eigenvalue weighted by molar-refractivity contribution is -0.113. The van der Waals surface area contributed by atoms with Crippen molar-refractivity contribution in [1.82, 2.24) is 9.88 Å². The number of halogens is 1. The number of aromatic nitrogens is 1. The number of anilines is 1. The van der Waals surface area contributed by atoms with E-state index < -0.39 is 0 Å². The van der Waals surface area contributed by atoms with Crippen LogP contribution in [0.3, 0.4) is 0 Å². The Kier molecular flexibility index (Phi) is 6.10. The van der Waals surface area contributed by atoms with Gasteiger partial charge in [-0.3, -0.25) is 4.79 Å². The molecule has 26 heavy (non-hydrogen) atoms. The second-order valence-corrected chi connectivity index (χ2v) is 7.68. The molecular formula is C17H18FN3O3S2. The van der Waals surface area contributed by atoms with Gasteiger partial charge in [-0.2, -0.15) is 0 Å². The molecule has 0 radical (unpaired) electrons. The van der Waals surface area contributed by atoms with Crippen LogP contribution in [0.15, 0.2) is 29.2 Å². The van der Waals surface area contributed by atoms with Gasteiger partial charge in [0.2, 0.25) is 5.91 Å². The minimum Gasteiger partial charge on any atom is -0.450 e. The van der Waals surface area contributed by atoms with Crippen molar-refractivity contribution in [1.29, 1.82) is 0 Å². The van der Waals surface area contributed by atoms with Gasteiger partial charge < -0.3 is 15.0 Å². The van der Waals surface area contributed by atoms with Gasteiger partial charge in [0.1, 0.15) is 5.82 Å². The Balaban J connectivity index is 1.54. The zero-order valence-corrected chi connectivity index (χ0v) is 15.8. The number of benzene rings is 1. The molecule has 1 aliphatic rings. The van der Waals surface area contributed by atoms with Gasteiger partial charge in [-0.05, 0) is 31.2 Å². The molecule has 2 aromatic rings. The molecule has 3 rings (SSSR count). The molecule has 1 N–H and O–H groups in total. The molecule has 1 aromatic heterocycles. The van der Waals surface area contributed by atoms with Crippen molar-refractivity contribution < 1.29 is 18.7 Å². The molecule has 2 amide bonds. The van der Waals surface area contributed by atoms with Gasteiger partial charge >= 0.3 is 6.09 Å². The van der Waals surface area contributed by atoms with E-state index in [1.54, 1.807) is 24.0 Å². The summed E-state index contributed by atoms with van der Waals surface area (Å²) in [7, 11) is 0. The number of hydrogen-bond acceptors (Lipinski definition) is 6. The van der Waals surface area contributed by atoms with E-state index in [1.807, 2.05) is 0 Å². The molecule has 1 aliphatic heterocycles. The maximum atomic E-state index is 12.9. The van der Waals surface area contributed by atoms with Crippen LogP contribution in [0.2, 0.25) is 0 Å². The highest BCUT2D eigenvalue weighted by Gasteiger charge is 2.25. The standard InChI is InChI=1S/C17H18FN3O3S2/c1-2-24-17(23)21-8-7-13-14(9-21)26-16(19-13)20-15(22)10-25-12-5-3-11(18)4-6-12/h3-6H,2,7-10H2,1H3,(H,19,20,22). The zero-order valence-electron chi connectivity index (χ0n) is 14.2. The third kappa shape index (κ3) is 4.73. The summed E-state index contributed by atoms with van der Waals surface area (Å²) in [6.07, 6.45) is 0.318. The molecule has 0 fully saturated rings. The van der Waals surface area contributed by atoms with Crippen LogP contribution in [0.4, 0.5) is 14.3 Å². The minimum absolute atomic E-state index is 0.173. The molecular weight excluding hydrogens is 377 g/mol. The minimum atomic E-state index is -0.326. The van der Waals surface area contributed by atoms with E-state index in [0.717, 1.165) is 15.5 Å². The summed E-state index contributed by atoms with van der Waals surface area (Å²) in [5.41, 5.74) is 0.914. The van der Waals surface area contributed by atoms with Crippen LogP contribution in [-0.4, -0.2) is 40.8 Å². The van der Waals surface area contributed by atoms with Crippen molar-refractivity contribution in [3.05, 3.63) is 40.7 Å². The number of carbonyl (C=O) groups is 2. The molecule has 0 unspecified atom stereocenters. The topological polar surface area (TPSA) is 71.5 Å². The third-order valence-electron chi connectivity index (χ3n) is 3.69. The smallest absolute Gasteiger partial charge is 0.410 e. The number of thiazole rings is 1. The first-order valence-corrected chi connectivity index (χ1v) is 9.94. The third-order valence-corrected chi connectivity index (χ3v) is 5.70. The number of fused-ring (bicyclic) bond motifs is 1. The number of rotatable bonds is 5. The van der Waals surface area contributed by atoms with Crippen LogP contribution in [0.1, 0.15) is 17.5 Å². The quantitative estimate of drug-likeness (QED) is 0.785. The fourth-order valence-electron chi connectivity index (χ4n) is 2.45. The summed E-state index contributed by atoms with van der Waals surface area (Å²) in [5, 5.41) is 3.32. The maximum absolute atomic E-state index is 12.9. The fraction of sp³-hybridized carbons (Fsp3) is 0.353. The van der Waals surface area contributed by atoms with E-state index in [2.05, 4.69) is 10.3 Å². The normalized spacial score (nSPS) is 13.2. The summed E-state index contributed by atoms with van der Waals surface area (Å²) < 4.78 is 17.9. The van der Waals surface area contributed by atoms with E-state index in [0.29, 0.717) is 31.2 Å². The van der Waals surface area contributed by atoms with E-state index in [9.17, 15) is 14.0 Å². The number of amides is 2. The largest absolute Gasteiger partial charge is 0.450 e. The van der Waals surface area contributed by atoms with Crippen LogP contribution in [0.5, 0.6) is 0 Å². The molecule has 1 aromatic carbocycles. The molecule has 2 heterocycles. The molecule has 0 saturated carbocycles. The Morgan fingerprint density at radius 3 is 2.88 bits per heavy atom. The van der Waals surface area contributed by atoms with Crippen LogP contribution in [0.25, 0.3) is 0 Å². The van der Waals surface area contributed by atoms with Gasteiger partial charge in [-0.1, -0.05) is 11.3 Å². The summed E-state index contributed by atoms with van der Waals surface area (Å²) >= 11 is 2.71. The molecule has 0 saturated heterocycles. The van der Waals surface area contributed by atoms with Crippen LogP contribution in [-0.2, 0) is 22.5 Å². The molecule has 0 atom stereocenters. The van der Waals surface area contributed by atoms with E-state index in [4.69, 9.17) is 4.74 Å². The molecule has 9 heteroatoms. The van der Waals surface area contributed by atoms with Crippen molar-refractivity contribution in [2.24, 2.45) is 0 Å². The van der Waals surface area contributed by atoms with E-state index in [-0.39, 0.29) is 23.6 Å². The lowest BCUT2D eigenvalue weighted by Crippen LogP contribution is -2.35. The Morgan fingerprint density at radius 2 is 2.15 bits per heavy atom. The first-order chi connectivity index (χ1) is 12.5. The first kappa shape index (κ1) is 18.7. The van der Waals surface area contributed by atoms with Crippen molar-refractivity contribution >= 4 is 40.2 Å². The number of ether oxygens (including phenoxy) is 1. The zero-order chi connectivity index (χ0) is 18.5. The molecule has 0 spiro atoms. The van der Waals surface area contributed by atoms with E-state index >= 15 is 0 Å². The van der Waals surface area contributed by atoms with Crippen molar-refractivity contribution in [2.75, 3.05) is 24.2 Å². The van der Waals surface area contributed by atoms with Crippen molar-refractivity contribution in [3.63, 3.8) is 0 Å². The predicted octanol–water partition coefficient (Wildman–Crippen LogP) is 3.53. The van der Waals surface area contributed by atoms with Gasteiger partial charge in [0.05, 0.1) is 24.6 Å². The van der Waals surface area contributed by atoms with Crippen molar-refractivity contribution in [3.8, 4) is 0 Å². The van der Waals surface area contributed by atoms with E-state index in [1.165, 1.54) is 35.2 Å². The Morgan fingerprint density at radius 1 is 1.38 bits per heavy atom. The Hall–Kier alpha value is -2.13. The molecule has 138 valence electrons. The number of nitrogens with one attached hydrogen (secondary N) is 1. The summed E-state index contributed by atoms with van der Waals surface area (Å²) in [4.78, 5) is 31.8. The monoisotopic (exact) mass is 395 g/mol. The molecule has 6 nitrogen and oxygen atoms in total. The van der Waals surface area contributed by atoms with Gasteiger partial charge in [-0.25, -0.2) is 14.2 Å². The Labute approximate surface area is 158 Å². The van der Waals surface area contributed by atoms with Crippen molar-refractivity contribution in [2.45, 2.75) is 24.8 Å². The summed E-state index contributed by atoms with van der Waals surface area (Å²) in [6.45, 7) is 3.13. The summed E-state index contributed by atoms with van der Waals surface area (Å²) in [6, 6.07) is 6.01.